The van der Waals surface area contributed by atoms with Crippen LogP contribution in [0.2, 0.25) is 0 Å². The van der Waals surface area contributed by atoms with Crippen molar-refractivity contribution in [3.05, 3.63) is 22.2 Å². The zero-order chi connectivity index (χ0) is 15.2. The molecule has 1 aromatic carbocycles. The summed E-state index contributed by atoms with van der Waals surface area (Å²) in [5.41, 5.74) is 0.594. The molecular weight excluding hydrogens is 334 g/mol. The largest absolute Gasteiger partial charge is 0.492 e. The molecule has 0 atom stereocenters. The van der Waals surface area contributed by atoms with E-state index in [0.29, 0.717) is 29.7 Å². The summed E-state index contributed by atoms with van der Waals surface area (Å²) in [7, 11) is 1.59. The van der Waals surface area contributed by atoms with Gasteiger partial charge in [0.25, 0.3) is 5.91 Å². The highest BCUT2D eigenvalue weighted by Gasteiger charge is 2.19. The summed E-state index contributed by atoms with van der Waals surface area (Å²) >= 11 is 3.44. The van der Waals surface area contributed by atoms with Gasteiger partial charge in [-0.05, 0) is 47.8 Å². The Morgan fingerprint density at radius 2 is 2.05 bits per heavy atom. The van der Waals surface area contributed by atoms with Crippen LogP contribution in [0, 0.1) is 0 Å². The van der Waals surface area contributed by atoms with Crippen molar-refractivity contribution >= 4 is 21.8 Å². The van der Waals surface area contributed by atoms with E-state index < -0.39 is 0 Å². The third-order valence-electron chi connectivity index (χ3n) is 3.72. The van der Waals surface area contributed by atoms with Gasteiger partial charge in [-0.25, -0.2) is 0 Å². The first-order valence-electron chi connectivity index (χ1n) is 7.47. The Labute approximate surface area is 134 Å². The molecule has 0 saturated heterocycles. The number of halogens is 1. The summed E-state index contributed by atoms with van der Waals surface area (Å²) < 4.78 is 11.6. The molecule has 1 amide bonds. The molecule has 1 saturated carbocycles. The molecule has 0 spiro atoms. The van der Waals surface area contributed by atoms with Crippen LogP contribution in [0.4, 0.5) is 0 Å². The number of nitrogens with one attached hydrogen (secondary N) is 1. The Morgan fingerprint density at radius 1 is 1.33 bits per heavy atom. The molecule has 4 nitrogen and oxygen atoms in total. The first-order chi connectivity index (χ1) is 10.2. The Kier molecular flexibility index (Phi) is 5.91. The SMILES string of the molecule is CCOc1cc(C(=O)NC2CCCCC2)cc(Br)c1OC. The van der Waals surface area contributed by atoms with E-state index in [2.05, 4.69) is 21.2 Å². The van der Waals surface area contributed by atoms with Crippen molar-refractivity contribution in [1.29, 1.82) is 0 Å². The monoisotopic (exact) mass is 355 g/mol. The smallest absolute Gasteiger partial charge is 0.251 e. The van der Waals surface area contributed by atoms with Crippen LogP contribution in [0.25, 0.3) is 0 Å². The maximum atomic E-state index is 12.4. The van der Waals surface area contributed by atoms with Gasteiger partial charge < -0.3 is 14.8 Å². The second kappa shape index (κ2) is 7.69. The molecule has 5 heteroatoms. The third kappa shape index (κ3) is 4.13. The maximum Gasteiger partial charge on any atom is 0.251 e. The molecule has 1 fully saturated rings. The Bertz CT molecular complexity index is 499. The van der Waals surface area contributed by atoms with Crippen molar-refractivity contribution < 1.29 is 14.3 Å². The number of benzene rings is 1. The van der Waals surface area contributed by atoms with Crippen molar-refractivity contribution in [2.45, 2.75) is 45.1 Å². The second-order valence-electron chi connectivity index (χ2n) is 5.23. The van der Waals surface area contributed by atoms with Gasteiger partial charge in [-0.2, -0.15) is 0 Å². The van der Waals surface area contributed by atoms with E-state index in [1.165, 1.54) is 19.3 Å². The number of ether oxygens (including phenoxy) is 2. The third-order valence-corrected chi connectivity index (χ3v) is 4.31. The lowest BCUT2D eigenvalue weighted by Crippen LogP contribution is -2.36. The molecular formula is C16H22BrNO3. The predicted octanol–water partition coefficient (Wildman–Crippen LogP) is 3.92. The summed E-state index contributed by atoms with van der Waals surface area (Å²) in [4.78, 5) is 12.4. The molecule has 21 heavy (non-hydrogen) atoms. The van der Waals surface area contributed by atoms with E-state index in [1.54, 1.807) is 19.2 Å². The summed E-state index contributed by atoms with van der Waals surface area (Å²) in [5.74, 6) is 1.15. The lowest BCUT2D eigenvalue weighted by Gasteiger charge is -2.23. The first kappa shape index (κ1) is 16.1. The first-order valence-corrected chi connectivity index (χ1v) is 8.26. The van der Waals surface area contributed by atoms with Gasteiger partial charge in [-0.3, -0.25) is 4.79 Å². The Balaban J connectivity index is 2.16. The van der Waals surface area contributed by atoms with Crippen LogP contribution in [0.5, 0.6) is 11.5 Å². The van der Waals surface area contributed by atoms with Crippen molar-refractivity contribution in [3.8, 4) is 11.5 Å². The van der Waals surface area contributed by atoms with Gasteiger partial charge in [0.1, 0.15) is 0 Å². The van der Waals surface area contributed by atoms with Gasteiger partial charge in [0.2, 0.25) is 0 Å². The summed E-state index contributed by atoms with van der Waals surface area (Å²) in [5, 5.41) is 3.11. The van der Waals surface area contributed by atoms with E-state index in [4.69, 9.17) is 9.47 Å². The van der Waals surface area contributed by atoms with Crippen molar-refractivity contribution in [2.24, 2.45) is 0 Å². The normalized spacial score (nSPS) is 15.6. The number of hydrogen-bond acceptors (Lipinski definition) is 3. The number of carbonyl (C=O) groups excluding carboxylic acids is 1. The molecule has 1 aliphatic rings. The fourth-order valence-corrected chi connectivity index (χ4v) is 3.28. The summed E-state index contributed by atoms with van der Waals surface area (Å²) in [6, 6.07) is 3.81. The number of hydrogen-bond donors (Lipinski definition) is 1. The molecule has 0 bridgehead atoms. The van der Waals surface area contributed by atoms with Crippen LogP contribution in [-0.2, 0) is 0 Å². The Hall–Kier alpha value is -1.23. The number of methoxy groups -OCH3 is 1. The molecule has 0 heterocycles. The zero-order valence-corrected chi connectivity index (χ0v) is 14.2. The lowest BCUT2D eigenvalue weighted by molar-refractivity contribution is 0.0927. The van der Waals surface area contributed by atoms with Crippen LogP contribution in [0.1, 0.15) is 49.4 Å². The fourth-order valence-electron chi connectivity index (χ4n) is 2.68. The number of rotatable bonds is 5. The molecule has 2 rings (SSSR count). The molecule has 1 aliphatic carbocycles. The van der Waals surface area contributed by atoms with Gasteiger partial charge in [0.05, 0.1) is 18.2 Å². The highest BCUT2D eigenvalue weighted by molar-refractivity contribution is 9.10. The van der Waals surface area contributed by atoms with Crippen LogP contribution in [-0.4, -0.2) is 25.7 Å². The van der Waals surface area contributed by atoms with Crippen LogP contribution in [0.15, 0.2) is 16.6 Å². The summed E-state index contributed by atoms with van der Waals surface area (Å²) in [6.45, 7) is 2.43. The fraction of sp³-hybridized carbons (Fsp3) is 0.562. The summed E-state index contributed by atoms with van der Waals surface area (Å²) in [6.07, 6.45) is 5.81. The molecule has 0 aromatic heterocycles. The van der Waals surface area contributed by atoms with Crippen LogP contribution < -0.4 is 14.8 Å². The van der Waals surface area contributed by atoms with Gasteiger partial charge in [0, 0.05) is 11.6 Å². The average molecular weight is 356 g/mol. The van der Waals surface area contributed by atoms with E-state index in [0.717, 1.165) is 17.3 Å². The second-order valence-corrected chi connectivity index (χ2v) is 6.09. The minimum absolute atomic E-state index is 0.0498. The highest BCUT2D eigenvalue weighted by atomic mass is 79.9. The van der Waals surface area contributed by atoms with Crippen molar-refractivity contribution in [3.63, 3.8) is 0 Å². The van der Waals surface area contributed by atoms with Gasteiger partial charge in [0.15, 0.2) is 11.5 Å². The van der Waals surface area contributed by atoms with E-state index in [1.807, 2.05) is 6.92 Å². The molecule has 0 radical (unpaired) electrons. The van der Waals surface area contributed by atoms with Crippen LogP contribution in [0.3, 0.4) is 0 Å². The maximum absolute atomic E-state index is 12.4. The average Bonchev–Trinajstić information content (AvgIpc) is 2.48. The molecule has 116 valence electrons. The predicted molar refractivity (Wildman–Crippen MR) is 86.2 cm³/mol. The van der Waals surface area contributed by atoms with Crippen molar-refractivity contribution in [1.82, 2.24) is 5.32 Å². The molecule has 1 aromatic rings. The number of amides is 1. The Morgan fingerprint density at radius 3 is 2.67 bits per heavy atom. The minimum atomic E-state index is -0.0498. The van der Waals surface area contributed by atoms with Crippen molar-refractivity contribution in [2.75, 3.05) is 13.7 Å². The topological polar surface area (TPSA) is 47.6 Å². The lowest BCUT2D eigenvalue weighted by atomic mass is 9.95. The van der Waals surface area contributed by atoms with Gasteiger partial charge >= 0.3 is 0 Å². The minimum Gasteiger partial charge on any atom is -0.492 e. The van der Waals surface area contributed by atoms with Crippen LogP contribution >= 0.6 is 15.9 Å². The number of carbonyl (C=O) groups is 1. The quantitative estimate of drug-likeness (QED) is 0.870. The highest BCUT2D eigenvalue weighted by Crippen LogP contribution is 2.36. The van der Waals surface area contributed by atoms with E-state index >= 15 is 0 Å². The molecule has 0 aliphatic heterocycles. The zero-order valence-electron chi connectivity index (χ0n) is 12.6. The van der Waals surface area contributed by atoms with Gasteiger partial charge in [-0.15, -0.1) is 0 Å². The molecule has 1 N–H and O–H groups in total. The van der Waals surface area contributed by atoms with E-state index in [9.17, 15) is 4.79 Å². The van der Waals surface area contributed by atoms with E-state index in [-0.39, 0.29) is 5.91 Å². The molecule has 0 unspecified atom stereocenters. The van der Waals surface area contributed by atoms with Gasteiger partial charge in [-0.1, -0.05) is 19.3 Å². The standard InChI is InChI=1S/C16H22BrNO3/c1-3-21-14-10-11(9-13(17)15(14)20-2)16(19)18-12-7-5-4-6-8-12/h9-10,12H,3-8H2,1-2H3,(H,18,19).